The Hall–Kier alpha value is -2.12. The second-order valence-corrected chi connectivity index (χ2v) is 4.64. The highest BCUT2D eigenvalue weighted by Gasteiger charge is 2.18. The Bertz CT molecular complexity index is 462. The lowest BCUT2D eigenvalue weighted by molar-refractivity contribution is -0.684. The molecule has 0 radical (unpaired) electrons. The van der Waals surface area contributed by atoms with Crippen molar-refractivity contribution in [3.05, 3.63) is 24.3 Å². The Morgan fingerprint density at radius 1 is 1.38 bits per heavy atom. The highest BCUT2D eigenvalue weighted by atomic mass is 16.5. The number of rotatable bonds is 9. The summed E-state index contributed by atoms with van der Waals surface area (Å²) < 4.78 is 5.02. The van der Waals surface area contributed by atoms with Crippen LogP contribution in [0.5, 0.6) is 5.75 Å². The molecule has 0 unspecified atom stereocenters. The van der Waals surface area contributed by atoms with E-state index in [9.17, 15) is 14.7 Å². The van der Waals surface area contributed by atoms with Crippen molar-refractivity contribution < 1.29 is 30.5 Å². The Morgan fingerprint density at radius 2 is 2.05 bits per heavy atom. The Balaban J connectivity index is 2.50. The van der Waals surface area contributed by atoms with E-state index in [1.54, 1.807) is 36.7 Å². The van der Waals surface area contributed by atoms with Gasteiger partial charge in [-0.1, -0.05) is 0 Å². The van der Waals surface area contributed by atoms with Crippen molar-refractivity contribution in [3.63, 3.8) is 0 Å². The van der Waals surface area contributed by atoms with Gasteiger partial charge in [0.2, 0.25) is 5.91 Å². The molecular weight excluding hydrogens is 274 g/mol. The maximum atomic E-state index is 11.8. The zero-order valence-electron chi connectivity index (χ0n) is 12.1. The fourth-order valence-corrected chi connectivity index (χ4v) is 1.81. The van der Waals surface area contributed by atoms with Crippen molar-refractivity contribution in [2.24, 2.45) is 0 Å². The first-order valence-corrected chi connectivity index (χ1v) is 6.84. The van der Waals surface area contributed by atoms with Gasteiger partial charge in [-0.05, 0) is 24.3 Å². The van der Waals surface area contributed by atoms with Crippen LogP contribution in [0.2, 0.25) is 0 Å². The largest absolute Gasteiger partial charge is 0.544 e. The first kappa shape index (κ1) is 16.9. The molecule has 1 aromatic carbocycles. The van der Waals surface area contributed by atoms with Gasteiger partial charge in [-0.2, -0.15) is 0 Å². The lowest BCUT2D eigenvalue weighted by Gasteiger charge is -2.16. The first-order chi connectivity index (χ1) is 10.1. The van der Waals surface area contributed by atoms with E-state index in [-0.39, 0.29) is 12.3 Å². The van der Waals surface area contributed by atoms with Crippen molar-refractivity contribution in [3.8, 4) is 5.75 Å². The van der Waals surface area contributed by atoms with E-state index in [1.807, 2.05) is 0 Å². The van der Waals surface area contributed by atoms with Crippen LogP contribution in [0.3, 0.4) is 0 Å². The summed E-state index contributed by atoms with van der Waals surface area (Å²) >= 11 is 0. The zero-order chi connectivity index (χ0) is 15.7. The monoisotopic (exact) mass is 296 g/mol. The number of benzene rings is 1. The number of quaternary nitrogens is 2. The fourth-order valence-electron chi connectivity index (χ4n) is 1.81. The molecule has 21 heavy (non-hydrogen) atoms. The third-order valence-electron chi connectivity index (χ3n) is 2.99. The van der Waals surface area contributed by atoms with E-state index >= 15 is 0 Å². The number of carboxylic acids is 1. The lowest BCUT2D eigenvalue weighted by Crippen LogP contribution is -2.93. The van der Waals surface area contributed by atoms with E-state index in [4.69, 9.17) is 4.74 Å². The molecule has 0 fully saturated rings. The number of methoxy groups -OCH3 is 1. The second-order valence-electron chi connectivity index (χ2n) is 4.64. The van der Waals surface area contributed by atoms with Crippen LogP contribution in [0, 0.1) is 0 Å². The van der Waals surface area contributed by atoms with Crippen molar-refractivity contribution in [2.75, 3.05) is 25.5 Å². The van der Waals surface area contributed by atoms with Crippen LogP contribution >= 0.6 is 0 Å². The number of aliphatic carboxylic acids is 1. The number of ether oxygens (including phenoxy) is 1. The fraction of sp³-hybridized carbons (Fsp3) is 0.429. The number of nitrogens with two attached hydrogens (primary N) is 1. The predicted octanol–water partition coefficient (Wildman–Crippen LogP) is -2.66. The SMILES string of the molecule is COc1ccc(NC(=O)C[C@@H]([NH2+]CCC[NH3+])C(=O)[O-])cc1. The molecule has 0 spiro atoms. The third-order valence-corrected chi connectivity index (χ3v) is 2.99. The molecule has 7 nitrogen and oxygen atoms in total. The number of hydrogen-bond donors (Lipinski definition) is 3. The molecule has 7 heteroatoms. The van der Waals surface area contributed by atoms with Crippen molar-refractivity contribution in [1.82, 2.24) is 0 Å². The lowest BCUT2D eigenvalue weighted by atomic mass is 10.2. The number of amides is 1. The van der Waals surface area contributed by atoms with Gasteiger partial charge in [0, 0.05) is 12.1 Å². The topological polar surface area (TPSA) is 123 Å². The number of nitrogens with one attached hydrogen (secondary N) is 1. The van der Waals surface area contributed by atoms with E-state index in [1.165, 1.54) is 0 Å². The van der Waals surface area contributed by atoms with Crippen LogP contribution in [0.4, 0.5) is 5.69 Å². The average molecular weight is 296 g/mol. The molecule has 0 aliphatic rings. The third kappa shape index (κ3) is 6.24. The van der Waals surface area contributed by atoms with E-state index in [0.717, 1.165) is 13.0 Å². The zero-order valence-corrected chi connectivity index (χ0v) is 12.1. The molecule has 116 valence electrons. The average Bonchev–Trinajstić information content (AvgIpc) is 2.47. The van der Waals surface area contributed by atoms with Crippen molar-refractivity contribution >= 4 is 17.6 Å². The number of carbonyl (C=O) groups excluding carboxylic acids is 2. The molecule has 1 amide bonds. The Kier molecular flexibility index (Phi) is 7.20. The second kappa shape index (κ2) is 8.93. The van der Waals surface area contributed by atoms with Gasteiger partial charge in [-0.25, -0.2) is 0 Å². The van der Waals surface area contributed by atoms with Gasteiger partial charge in [0.05, 0.1) is 32.6 Å². The molecule has 0 bridgehead atoms. The van der Waals surface area contributed by atoms with Crippen LogP contribution < -0.4 is 26.2 Å². The minimum Gasteiger partial charge on any atom is -0.544 e. The molecule has 0 saturated carbocycles. The van der Waals surface area contributed by atoms with E-state index in [2.05, 4.69) is 11.1 Å². The van der Waals surface area contributed by atoms with E-state index < -0.39 is 12.0 Å². The predicted molar refractivity (Wildman–Crippen MR) is 74.2 cm³/mol. The molecular formula is C14H22N3O4+. The van der Waals surface area contributed by atoms with E-state index in [0.29, 0.717) is 18.0 Å². The van der Waals surface area contributed by atoms with Crippen LogP contribution in [-0.2, 0) is 9.59 Å². The number of hydrogen-bond acceptors (Lipinski definition) is 4. The summed E-state index contributed by atoms with van der Waals surface area (Å²) in [4.78, 5) is 22.9. The number of anilines is 1. The van der Waals surface area contributed by atoms with Crippen LogP contribution in [0.15, 0.2) is 24.3 Å². The standard InChI is InChI=1S/C14H21N3O4/c1-21-11-5-3-10(4-6-11)17-13(18)9-12(14(19)20)16-8-2-7-15/h3-6,12,16H,2,7-9,15H2,1H3,(H,17,18)(H,19,20)/p+1/t12-/m1/s1. The molecule has 1 rings (SSSR count). The molecule has 0 saturated heterocycles. The first-order valence-electron chi connectivity index (χ1n) is 6.84. The Morgan fingerprint density at radius 3 is 2.57 bits per heavy atom. The van der Waals surface area contributed by atoms with Gasteiger partial charge in [0.25, 0.3) is 0 Å². The van der Waals surface area contributed by atoms with Crippen LogP contribution in [0.1, 0.15) is 12.8 Å². The van der Waals surface area contributed by atoms with Gasteiger partial charge < -0.3 is 31.0 Å². The summed E-state index contributed by atoms with van der Waals surface area (Å²) in [6, 6.07) is 5.93. The summed E-state index contributed by atoms with van der Waals surface area (Å²) in [5.74, 6) is -0.911. The number of carbonyl (C=O) groups is 2. The van der Waals surface area contributed by atoms with Crippen molar-refractivity contribution in [1.29, 1.82) is 0 Å². The maximum absolute atomic E-state index is 11.8. The minimum atomic E-state index is -1.23. The number of carboxylic acid groups (broad SMARTS) is 1. The highest BCUT2D eigenvalue weighted by molar-refractivity contribution is 5.93. The molecule has 6 N–H and O–H groups in total. The summed E-state index contributed by atoms with van der Waals surface area (Å²) in [5.41, 5.74) is 4.28. The summed E-state index contributed by atoms with van der Waals surface area (Å²) in [6.45, 7) is 1.34. The van der Waals surface area contributed by atoms with Gasteiger partial charge in [0.15, 0.2) is 0 Å². The van der Waals surface area contributed by atoms with Gasteiger partial charge >= 0.3 is 0 Å². The van der Waals surface area contributed by atoms with Gasteiger partial charge in [-0.3, -0.25) is 4.79 Å². The Labute approximate surface area is 123 Å². The quantitative estimate of drug-likeness (QED) is 0.430. The highest BCUT2D eigenvalue weighted by Crippen LogP contribution is 2.15. The minimum absolute atomic E-state index is 0.133. The molecule has 0 aliphatic heterocycles. The normalized spacial score (nSPS) is 11.7. The molecule has 0 aliphatic carbocycles. The molecule has 1 aromatic rings. The maximum Gasteiger partial charge on any atom is 0.230 e. The van der Waals surface area contributed by atoms with Crippen molar-refractivity contribution in [2.45, 2.75) is 18.9 Å². The molecule has 0 heterocycles. The van der Waals surface area contributed by atoms with Crippen LogP contribution in [-0.4, -0.2) is 38.1 Å². The summed E-state index contributed by atoms with van der Waals surface area (Å²) in [6.07, 6.45) is 0.662. The molecule has 0 aromatic heterocycles. The molecule has 1 atom stereocenters. The summed E-state index contributed by atoms with van der Waals surface area (Å²) in [5, 5.41) is 15.3. The summed E-state index contributed by atoms with van der Waals surface area (Å²) in [7, 11) is 1.56. The van der Waals surface area contributed by atoms with Crippen LogP contribution in [0.25, 0.3) is 0 Å². The van der Waals surface area contributed by atoms with Gasteiger partial charge in [-0.15, -0.1) is 0 Å². The van der Waals surface area contributed by atoms with Gasteiger partial charge in [0.1, 0.15) is 11.8 Å². The smallest absolute Gasteiger partial charge is 0.230 e.